The number of rotatable bonds is 2. The molecule has 0 amide bonds. The smallest absolute Gasteiger partial charge is 0.496 e. The van der Waals surface area contributed by atoms with Gasteiger partial charge >= 0.3 is 20.1 Å². The first-order chi connectivity index (χ1) is 17.7. The van der Waals surface area contributed by atoms with Gasteiger partial charge in [0.1, 0.15) is 0 Å². The van der Waals surface area contributed by atoms with Gasteiger partial charge in [0.05, 0.1) is 0 Å². The molecule has 0 bridgehead atoms. The number of hydrogen-bond donors (Lipinski definition) is 0. The van der Waals surface area contributed by atoms with Crippen molar-refractivity contribution in [3.63, 3.8) is 0 Å². The van der Waals surface area contributed by atoms with Crippen molar-refractivity contribution in [1.82, 2.24) is 9.97 Å². The largest absolute Gasteiger partial charge is 3.00 e. The Labute approximate surface area is 233 Å². The van der Waals surface area contributed by atoms with Gasteiger partial charge in [0.25, 0.3) is 0 Å². The van der Waals surface area contributed by atoms with Crippen LogP contribution in [-0.4, -0.2) is 9.97 Å². The summed E-state index contributed by atoms with van der Waals surface area (Å²) < 4.78 is 7.20. The molecule has 5 heteroatoms. The quantitative estimate of drug-likeness (QED) is 0.173. The van der Waals surface area contributed by atoms with Gasteiger partial charge in [-0.2, -0.15) is 41.2 Å². The molecule has 0 aliphatic carbocycles. The molecule has 0 radical (unpaired) electrons. The third-order valence-electron chi connectivity index (χ3n) is 5.98. The summed E-state index contributed by atoms with van der Waals surface area (Å²) in [6.07, 6.45) is 1.87. The first kappa shape index (κ1) is 25.0. The van der Waals surface area contributed by atoms with Crippen molar-refractivity contribution < 1.29 is 24.5 Å². The van der Waals surface area contributed by atoms with Crippen molar-refractivity contribution in [3.05, 3.63) is 120 Å². The fourth-order valence-corrected chi connectivity index (χ4v) is 4.92. The van der Waals surface area contributed by atoms with Crippen LogP contribution in [0.2, 0.25) is 0 Å². The molecule has 4 aromatic heterocycles. The van der Waals surface area contributed by atoms with Gasteiger partial charge in [-0.15, -0.1) is 48.0 Å². The van der Waals surface area contributed by atoms with Gasteiger partial charge < -0.3 is 9.40 Å². The van der Waals surface area contributed by atoms with Crippen LogP contribution in [0.5, 0.6) is 0 Å². The van der Waals surface area contributed by atoms with Gasteiger partial charge in [0.2, 0.25) is 5.71 Å². The average Bonchev–Trinajstić information content (AvgIpc) is 3.53. The Bertz CT molecular complexity index is 1800. The van der Waals surface area contributed by atoms with Gasteiger partial charge in [-0.25, -0.2) is 10.5 Å². The first-order valence-corrected chi connectivity index (χ1v) is 12.5. The number of pyridine rings is 2. The molecule has 0 saturated heterocycles. The zero-order chi connectivity index (χ0) is 24.5. The molecule has 0 aliphatic rings. The molecule has 180 valence electrons. The minimum atomic E-state index is 0. The molecule has 0 saturated carbocycles. The van der Waals surface area contributed by atoms with Crippen LogP contribution in [0, 0.1) is 32.0 Å². The van der Waals surface area contributed by atoms with Crippen molar-refractivity contribution in [3.8, 4) is 22.4 Å². The number of fused-ring (bicyclic) bond motifs is 4. The minimum absolute atomic E-state index is 0. The van der Waals surface area contributed by atoms with E-state index in [1.54, 1.807) is 11.3 Å². The SMILES string of the molecule is Cc1ccc(-c2[c-]cccc2)nc1.Cc1ccc2c(n1)oc1c(-c3[c-]c4sccc4cc3)[c-]ccc12.[Ir+3]. The van der Waals surface area contributed by atoms with E-state index in [9.17, 15) is 0 Å². The normalized spacial score (nSPS) is 10.8. The monoisotopic (exact) mass is 674 g/mol. The molecule has 3 aromatic carbocycles. The van der Waals surface area contributed by atoms with Gasteiger partial charge in [0, 0.05) is 22.9 Å². The van der Waals surface area contributed by atoms with Crippen molar-refractivity contribution in [2.24, 2.45) is 0 Å². The van der Waals surface area contributed by atoms with Crippen LogP contribution >= 0.6 is 11.3 Å². The van der Waals surface area contributed by atoms with E-state index in [4.69, 9.17) is 4.42 Å². The third-order valence-corrected chi connectivity index (χ3v) is 6.82. The maximum absolute atomic E-state index is 6.05. The second kappa shape index (κ2) is 10.8. The zero-order valence-corrected chi connectivity index (χ0v) is 23.4. The molecule has 3 nitrogen and oxygen atoms in total. The summed E-state index contributed by atoms with van der Waals surface area (Å²) >= 11 is 1.70. The summed E-state index contributed by atoms with van der Waals surface area (Å²) in [4.78, 5) is 8.82. The topological polar surface area (TPSA) is 38.9 Å². The minimum Gasteiger partial charge on any atom is -0.496 e. The number of nitrogens with zero attached hydrogens (tertiary/aromatic N) is 2. The second-order valence-electron chi connectivity index (χ2n) is 8.58. The maximum Gasteiger partial charge on any atom is 3.00 e. The molecule has 0 atom stereocenters. The number of benzene rings is 3. The number of aromatic nitrogens is 2. The van der Waals surface area contributed by atoms with Gasteiger partial charge in [-0.1, -0.05) is 33.7 Å². The summed E-state index contributed by atoms with van der Waals surface area (Å²) in [5.41, 5.74) is 7.60. The fraction of sp³-hybridized carbons (Fsp3) is 0.0625. The fourth-order valence-electron chi connectivity index (χ4n) is 4.13. The van der Waals surface area contributed by atoms with Crippen molar-refractivity contribution >= 4 is 43.5 Å². The molecule has 0 N–H and O–H groups in total. The van der Waals surface area contributed by atoms with Crippen LogP contribution < -0.4 is 0 Å². The van der Waals surface area contributed by atoms with Crippen LogP contribution in [0.4, 0.5) is 0 Å². The molecule has 7 rings (SSSR count). The number of aryl methyl sites for hydroxylation is 2. The predicted molar refractivity (Wildman–Crippen MR) is 148 cm³/mol. The summed E-state index contributed by atoms with van der Waals surface area (Å²) in [5, 5.41) is 5.41. The van der Waals surface area contributed by atoms with Crippen LogP contribution in [0.3, 0.4) is 0 Å². The summed E-state index contributed by atoms with van der Waals surface area (Å²) in [6, 6.07) is 36.2. The van der Waals surface area contributed by atoms with E-state index in [1.807, 2.05) is 68.6 Å². The Morgan fingerprint density at radius 1 is 0.811 bits per heavy atom. The molecule has 0 spiro atoms. The summed E-state index contributed by atoms with van der Waals surface area (Å²) in [5.74, 6) is 0. The number of thiophene rings is 1. The Morgan fingerprint density at radius 2 is 1.73 bits per heavy atom. The van der Waals surface area contributed by atoms with Gasteiger partial charge in [-0.3, -0.25) is 0 Å². The average molecular weight is 674 g/mol. The molecule has 0 aliphatic heterocycles. The van der Waals surface area contributed by atoms with E-state index in [-0.39, 0.29) is 20.1 Å². The Morgan fingerprint density at radius 3 is 2.54 bits per heavy atom. The van der Waals surface area contributed by atoms with Crippen molar-refractivity contribution in [1.29, 1.82) is 0 Å². The molecule has 0 fully saturated rings. The second-order valence-corrected chi connectivity index (χ2v) is 9.49. The third kappa shape index (κ3) is 5.12. The van der Waals surface area contributed by atoms with Crippen molar-refractivity contribution in [2.45, 2.75) is 13.8 Å². The Kier molecular flexibility index (Phi) is 7.29. The van der Waals surface area contributed by atoms with E-state index in [1.165, 1.54) is 10.9 Å². The Hall–Kier alpha value is -3.63. The van der Waals surface area contributed by atoms with E-state index in [0.29, 0.717) is 5.71 Å². The molecule has 37 heavy (non-hydrogen) atoms. The van der Waals surface area contributed by atoms with E-state index in [2.05, 4.69) is 63.9 Å². The summed E-state index contributed by atoms with van der Waals surface area (Å²) in [6.45, 7) is 4.00. The van der Waals surface area contributed by atoms with Crippen LogP contribution in [0.1, 0.15) is 11.3 Å². The molecular formula is C32H21IrN2OS. The van der Waals surface area contributed by atoms with E-state index in [0.717, 1.165) is 49.1 Å². The van der Waals surface area contributed by atoms with Crippen LogP contribution in [0.25, 0.3) is 54.5 Å². The standard InChI is InChI=1S/C20H11NOS.C12H10N.Ir/c1-12-5-8-17-16-4-2-3-15(19(16)22-20(17)21-12)14-7-6-13-9-10-23-18(13)11-14;1-10-7-8-12(13-9-10)11-5-3-2-4-6-11;/h2,4-10H,1H3;2-5,7-9H,1H3;/q-2;-1;+3. The first-order valence-electron chi connectivity index (χ1n) is 11.7. The molecule has 0 unspecified atom stereocenters. The van der Waals surface area contributed by atoms with E-state index >= 15 is 0 Å². The number of furan rings is 1. The van der Waals surface area contributed by atoms with Crippen molar-refractivity contribution in [2.75, 3.05) is 0 Å². The zero-order valence-electron chi connectivity index (χ0n) is 20.2. The van der Waals surface area contributed by atoms with Gasteiger partial charge in [0.15, 0.2) is 0 Å². The maximum atomic E-state index is 6.05. The molecule has 4 heterocycles. The van der Waals surface area contributed by atoms with E-state index < -0.39 is 0 Å². The summed E-state index contributed by atoms with van der Waals surface area (Å²) in [7, 11) is 0. The van der Waals surface area contributed by atoms with Crippen LogP contribution in [-0.2, 0) is 20.1 Å². The predicted octanol–water partition coefficient (Wildman–Crippen LogP) is 8.63. The van der Waals surface area contributed by atoms with Crippen LogP contribution in [0.15, 0.2) is 94.9 Å². The molecular weight excluding hydrogens is 653 g/mol. The molecule has 7 aromatic rings. The van der Waals surface area contributed by atoms with Gasteiger partial charge in [-0.05, 0) is 42.6 Å². The number of hydrogen-bond acceptors (Lipinski definition) is 4. The Balaban J connectivity index is 0.000000172.